The zero-order valence-corrected chi connectivity index (χ0v) is 15.4. The Morgan fingerprint density at radius 3 is 2.65 bits per heavy atom. The van der Waals surface area contributed by atoms with Crippen LogP contribution in [0.2, 0.25) is 10.2 Å². The summed E-state index contributed by atoms with van der Waals surface area (Å²) in [7, 11) is 0. The van der Waals surface area contributed by atoms with E-state index in [0.717, 1.165) is 0 Å². The van der Waals surface area contributed by atoms with Crippen LogP contribution in [0.1, 0.15) is 15.2 Å². The molecule has 26 heavy (non-hydrogen) atoms. The third-order valence-electron chi connectivity index (χ3n) is 3.19. The molecule has 2 N–H and O–H groups in total. The number of carbonyl (C=O) groups excluding carboxylic acids is 1. The first-order chi connectivity index (χ1) is 12.5. The molecule has 0 fully saturated rings. The molecule has 132 valence electrons. The number of amides is 1. The predicted octanol–water partition coefficient (Wildman–Crippen LogP) is 5.10. The Kier molecular flexibility index (Phi) is 5.82. The van der Waals surface area contributed by atoms with Crippen molar-refractivity contribution in [2.45, 2.75) is 0 Å². The van der Waals surface area contributed by atoms with Gasteiger partial charge in [0.05, 0.1) is 27.4 Å². The van der Waals surface area contributed by atoms with Crippen LogP contribution in [0.25, 0.3) is 0 Å². The lowest BCUT2D eigenvalue weighted by Crippen LogP contribution is -2.18. The monoisotopic (exact) mass is 408 g/mol. The third-order valence-corrected chi connectivity index (χ3v) is 4.83. The first-order valence-corrected chi connectivity index (χ1v) is 8.87. The van der Waals surface area contributed by atoms with Crippen LogP contribution < -0.4 is 10.7 Å². The average molecular weight is 409 g/mol. The SMILES string of the molecule is O=C(N/N=C/c1sc(Nc2ccccc2Cl)nc1Cl)c1ccccc1F. The van der Waals surface area contributed by atoms with Crippen LogP contribution in [0.15, 0.2) is 53.6 Å². The summed E-state index contributed by atoms with van der Waals surface area (Å²) < 4.78 is 13.5. The van der Waals surface area contributed by atoms with Crippen molar-refractivity contribution >= 4 is 57.5 Å². The molecule has 0 spiro atoms. The maximum atomic E-state index is 13.5. The van der Waals surface area contributed by atoms with E-state index in [2.05, 4.69) is 20.8 Å². The van der Waals surface area contributed by atoms with Crippen molar-refractivity contribution in [3.63, 3.8) is 0 Å². The molecule has 0 aliphatic rings. The Hall–Kier alpha value is -2.48. The summed E-state index contributed by atoms with van der Waals surface area (Å²) in [6, 6.07) is 12.8. The van der Waals surface area contributed by atoms with Gasteiger partial charge in [0, 0.05) is 0 Å². The maximum absolute atomic E-state index is 13.5. The minimum absolute atomic E-state index is 0.0962. The highest BCUT2D eigenvalue weighted by molar-refractivity contribution is 7.17. The molecule has 1 amide bonds. The van der Waals surface area contributed by atoms with Gasteiger partial charge in [-0.3, -0.25) is 4.79 Å². The van der Waals surface area contributed by atoms with Crippen molar-refractivity contribution < 1.29 is 9.18 Å². The van der Waals surface area contributed by atoms with Crippen LogP contribution in [-0.2, 0) is 0 Å². The van der Waals surface area contributed by atoms with Gasteiger partial charge in [0.15, 0.2) is 10.3 Å². The summed E-state index contributed by atoms with van der Waals surface area (Å²) in [5.41, 5.74) is 2.85. The van der Waals surface area contributed by atoms with Gasteiger partial charge in [-0.05, 0) is 24.3 Å². The Bertz CT molecular complexity index is 977. The zero-order chi connectivity index (χ0) is 18.5. The maximum Gasteiger partial charge on any atom is 0.274 e. The normalized spacial score (nSPS) is 10.9. The van der Waals surface area contributed by atoms with Crippen LogP contribution in [0.4, 0.5) is 15.2 Å². The van der Waals surface area contributed by atoms with Gasteiger partial charge in [0.2, 0.25) is 0 Å². The van der Waals surface area contributed by atoms with Gasteiger partial charge in [-0.2, -0.15) is 5.10 Å². The third kappa shape index (κ3) is 4.37. The highest BCUT2D eigenvalue weighted by Crippen LogP contribution is 2.30. The van der Waals surface area contributed by atoms with E-state index < -0.39 is 11.7 Å². The smallest absolute Gasteiger partial charge is 0.274 e. The molecule has 3 rings (SSSR count). The van der Waals surface area contributed by atoms with Crippen LogP contribution in [0.3, 0.4) is 0 Å². The molecule has 0 atom stereocenters. The number of thiazole rings is 1. The highest BCUT2D eigenvalue weighted by atomic mass is 35.5. The first kappa shape index (κ1) is 18.3. The number of hydrazone groups is 1. The van der Waals surface area contributed by atoms with Gasteiger partial charge in [-0.25, -0.2) is 14.8 Å². The van der Waals surface area contributed by atoms with E-state index in [0.29, 0.717) is 20.7 Å². The molecule has 9 heteroatoms. The molecule has 3 aromatic rings. The largest absolute Gasteiger partial charge is 0.330 e. The molecule has 5 nitrogen and oxygen atoms in total. The van der Waals surface area contributed by atoms with Crippen LogP contribution >= 0.6 is 34.5 Å². The van der Waals surface area contributed by atoms with E-state index in [1.165, 1.54) is 35.8 Å². The number of nitrogens with one attached hydrogen (secondary N) is 2. The van der Waals surface area contributed by atoms with Gasteiger partial charge in [0.25, 0.3) is 5.91 Å². The molecule has 0 saturated heterocycles. The number of anilines is 2. The minimum Gasteiger partial charge on any atom is -0.330 e. The second kappa shape index (κ2) is 8.27. The van der Waals surface area contributed by atoms with Crippen LogP contribution in [0.5, 0.6) is 0 Å². The lowest BCUT2D eigenvalue weighted by molar-refractivity contribution is 0.0951. The number of hydrogen-bond donors (Lipinski definition) is 2. The Morgan fingerprint density at radius 1 is 1.15 bits per heavy atom. The number of aromatic nitrogens is 1. The van der Waals surface area contributed by atoms with E-state index in [1.807, 2.05) is 12.1 Å². The number of rotatable bonds is 5. The topological polar surface area (TPSA) is 66.4 Å². The second-order valence-corrected chi connectivity index (χ2v) is 6.75. The lowest BCUT2D eigenvalue weighted by Gasteiger charge is -2.03. The lowest BCUT2D eigenvalue weighted by atomic mass is 10.2. The standard InChI is InChI=1S/C17H11Cl2FN4OS/c18-11-6-2-4-8-13(11)22-17-23-15(19)14(26-17)9-21-24-16(25)10-5-1-3-7-12(10)20/h1-9H,(H,22,23)(H,24,25)/b21-9+. The number of hydrogen-bond acceptors (Lipinski definition) is 5. The van der Waals surface area contributed by atoms with E-state index >= 15 is 0 Å². The van der Waals surface area contributed by atoms with Crippen LogP contribution in [0, 0.1) is 5.82 Å². The van der Waals surface area contributed by atoms with Gasteiger partial charge >= 0.3 is 0 Å². The first-order valence-electron chi connectivity index (χ1n) is 7.30. The number of halogens is 3. The zero-order valence-electron chi connectivity index (χ0n) is 13.0. The van der Waals surface area contributed by atoms with Crippen molar-refractivity contribution in [1.82, 2.24) is 10.4 Å². The van der Waals surface area contributed by atoms with Crippen molar-refractivity contribution in [2.75, 3.05) is 5.32 Å². The van der Waals surface area contributed by atoms with Crippen molar-refractivity contribution in [1.29, 1.82) is 0 Å². The Labute approximate surface area is 162 Å². The number of carbonyl (C=O) groups is 1. The van der Waals surface area contributed by atoms with E-state index in [-0.39, 0.29) is 10.7 Å². The molecule has 0 aliphatic heterocycles. The van der Waals surface area contributed by atoms with Crippen molar-refractivity contribution in [3.8, 4) is 0 Å². The molecule has 0 radical (unpaired) electrons. The fourth-order valence-corrected chi connectivity index (χ4v) is 3.20. The van der Waals surface area contributed by atoms with E-state index in [1.54, 1.807) is 18.2 Å². The summed E-state index contributed by atoms with van der Waals surface area (Å²) in [6.07, 6.45) is 1.34. The number of benzene rings is 2. The number of nitrogens with zero attached hydrogens (tertiary/aromatic N) is 2. The molecule has 0 aliphatic carbocycles. The molecule has 1 aromatic heterocycles. The predicted molar refractivity (Wildman–Crippen MR) is 103 cm³/mol. The molecular weight excluding hydrogens is 398 g/mol. The van der Waals surface area contributed by atoms with E-state index in [9.17, 15) is 9.18 Å². The van der Waals surface area contributed by atoms with Crippen molar-refractivity contribution in [2.24, 2.45) is 5.10 Å². The molecule has 0 unspecified atom stereocenters. The van der Waals surface area contributed by atoms with Crippen LogP contribution in [-0.4, -0.2) is 17.1 Å². The fraction of sp³-hybridized carbons (Fsp3) is 0. The molecule has 1 heterocycles. The van der Waals surface area contributed by atoms with Gasteiger partial charge in [-0.1, -0.05) is 58.8 Å². The van der Waals surface area contributed by atoms with Crippen molar-refractivity contribution in [3.05, 3.63) is 75.0 Å². The summed E-state index contributed by atoms with van der Waals surface area (Å²) >= 11 is 13.4. The van der Waals surface area contributed by atoms with Gasteiger partial charge in [0.1, 0.15) is 5.82 Å². The second-order valence-electron chi connectivity index (χ2n) is 4.96. The summed E-state index contributed by atoms with van der Waals surface area (Å²) in [5.74, 6) is -1.28. The minimum atomic E-state index is -0.658. The average Bonchev–Trinajstić information content (AvgIpc) is 2.97. The number of para-hydroxylation sites is 1. The van der Waals surface area contributed by atoms with Gasteiger partial charge < -0.3 is 5.32 Å². The summed E-state index contributed by atoms with van der Waals surface area (Å²) in [5, 5.41) is 8.14. The summed E-state index contributed by atoms with van der Waals surface area (Å²) in [4.78, 5) is 16.6. The Balaban J connectivity index is 1.68. The fourth-order valence-electron chi connectivity index (χ4n) is 1.98. The molecule has 2 aromatic carbocycles. The van der Waals surface area contributed by atoms with Gasteiger partial charge in [-0.15, -0.1) is 0 Å². The molecular formula is C17H11Cl2FN4OS. The quantitative estimate of drug-likeness (QED) is 0.455. The highest BCUT2D eigenvalue weighted by Gasteiger charge is 2.11. The molecule has 0 bridgehead atoms. The Morgan fingerprint density at radius 2 is 1.88 bits per heavy atom. The van der Waals surface area contributed by atoms with E-state index in [4.69, 9.17) is 23.2 Å². The molecule has 0 saturated carbocycles. The summed E-state index contributed by atoms with van der Waals surface area (Å²) in [6.45, 7) is 0.